The number of carbonyl (C=O) groups excluding carboxylic acids is 1. The molecular weight excluding hydrogens is 272 g/mol. The van der Waals surface area contributed by atoms with Gasteiger partial charge in [0, 0.05) is 0 Å². The van der Waals surface area contributed by atoms with Gasteiger partial charge in [0.25, 0.3) is 0 Å². The second kappa shape index (κ2) is 8.26. The molecule has 0 saturated heterocycles. The number of hydrogen-bond acceptors (Lipinski definition) is 4. The minimum atomic E-state index is -4.51. The molecule has 0 fully saturated rings. The van der Waals surface area contributed by atoms with E-state index in [0.29, 0.717) is 0 Å². The molecule has 0 aliphatic heterocycles. The summed E-state index contributed by atoms with van der Waals surface area (Å²) in [6.07, 6.45) is 5.88. The molecule has 19 heavy (non-hydrogen) atoms. The van der Waals surface area contributed by atoms with Gasteiger partial charge < -0.3 is 9.80 Å². The van der Waals surface area contributed by atoms with Crippen LogP contribution >= 0.6 is 0 Å². The molecule has 2 N–H and O–H groups in total. The first-order valence-electron chi connectivity index (χ1n) is 5.97. The van der Waals surface area contributed by atoms with Crippen molar-refractivity contribution in [1.29, 1.82) is 0 Å². The average molecular weight is 295 g/mol. The molecule has 0 saturated carbocycles. The molecule has 0 atom stereocenters. The average Bonchev–Trinajstić information content (AvgIpc) is 2.19. The number of amides is 1. The number of allylic oxidation sites excluding steroid dienone is 1. The highest BCUT2D eigenvalue weighted by atomic mass is 32.3. The Hall–Kier alpha value is -0.960. The Balaban J connectivity index is 3.63. The Morgan fingerprint density at radius 3 is 2.47 bits per heavy atom. The van der Waals surface area contributed by atoms with Crippen LogP contribution in [0, 0.1) is 0 Å². The van der Waals surface area contributed by atoms with Gasteiger partial charge in [-0.25, -0.2) is 4.18 Å². The molecule has 0 bridgehead atoms. The van der Waals surface area contributed by atoms with Gasteiger partial charge in [0.2, 0.25) is 5.91 Å². The molecule has 0 aliphatic rings. The minimum absolute atomic E-state index is 0.463. The van der Waals surface area contributed by atoms with Gasteiger partial charge in [-0.05, 0) is 25.3 Å². The maximum Gasteiger partial charge on any atom is 0.399 e. The first-order chi connectivity index (χ1) is 8.60. The van der Waals surface area contributed by atoms with Crippen molar-refractivity contribution in [2.75, 3.05) is 34.4 Å². The van der Waals surface area contributed by atoms with Crippen molar-refractivity contribution in [3.05, 3.63) is 12.2 Å². The largest absolute Gasteiger partial charge is 0.399 e. The Kier molecular flexibility index (Phi) is 7.84. The third-order valence-corrected chi connectivity index (χ3v) is 2.59. The normalized spacial score (nSPS) is 12.8. The first-order valence-corrected chi connectivity index (χ1v) is 7.33. The Bertz CT molecular complexity index is 398. The lowest BCUT2D eigenvalue weighted by Gasteiger charge is -2.23. The van der Waals surface area contributed by atoms with Crippen LogP contribution in [0.15, 0.2) is 12.2 Å². The van der Waals surface area contributed by atoms with Gasteiger partial charge in [-0.3, -0.25) is 9.35 Å². The summed E-state index contributed by atoms with van der Waals surface area (Å²) < 4.78 is 33.5. The van der Waals surface area contributed by atoms with Crippen LogP contribution in [-0.2, 0) is 19.4 Å². The van der Waals surface area contributed by atoms with E-state index < -0.39 is 23.0 Å². The fourth-order valence-electron chi connectivity index (χ4n) is 1.27. The van der Waals surface area contributed by atoms with Crippen LogP contribution < -0.4 is 5.32 Å². The number of hydrogen-bond donors (Lipinski definition) is 2. The summed E-state index contributed by atoms with van der Waals surface area (Å²) in [4.78, 5) is 11.2. The first kappa shape index (κ1) is 18.0. The summed E-state index contributed by atoms with van der Waals surface area (Å²) in [7, 11) is 1.86. The molecule has 0 heterocycles. The van der Waals surface area contributed by atoms with Gasteiger partial charge in [0.15, 0.2) is 0 Å². The third-order valence-electron chi connectivity index (χ3n) is 2.17. The lowest BCUT2D eigenvalue weighted by molar-refractivity contribution is -0.870. The van der Waals surface area contributed by atoms with Crippen LogP contribution in [0.3, 0.4) is 0 Å². The van der Waals surface area contributed by atoms with Crippen LogP contribution in [0.5, 0.6) is 0 Å². The highest BCUT2D eigenvalue weighted by Crippen LogP contribution is 2.01. The van der Waals surface area contributed by atoms with Gasteiger partial charge in [0.1, 0.15) is 6.73 Å². The van der Waals surface area contributed by atoms with E-state index in [-0.39, 0.29) is 0 Å². The fourth-order valence-corrected chi connectivity index (χ4v) is 1.48. The van der Waals surface area contributed by atoms with Crippen molar-refractivity contribution in [1.82, 2.24) is 5.32 Å². The molecule has 0 aromatic rings. The lowest BCUT2D eigenvalue weighted by Crippen LogP contribution is -2.35. The number of rotatable bonds is 9. The van der Waals surface area contributed by atoms with Crippen LogP contribution in [-0.4, -0.2) is 57.8 Å². The zero-order valence-electron chi connectivity index (χ0n) is 11.6. The fraction of sp³-hybridized carbons (Fsp3) is 0.727. The van der Waals surface area contributed by atoms with Gasteiger partial charge >= 0.3 is 10.4 Å². The van der Waals surface area contributed by atoms with Crippen molar-refractivity contribution in [3.63, 3.8) is 0 Å². The van der Waals surface area contributed by atoms with E-state index in [1.165, 1.54) is 6.08 Å². The molecule has 0 radical (unpaired) electrons. The zero-order valence-corrected chi connectivity index (χ0v) is 12.4. The van der Waals surface area contributed by atoms with Crippen molar-refractivity contribution < 1.29 is 26.4 Å². The summed E-state index contributed by atoms with van der Waals surface area (Å²) >= 11 is 0. The molecule has 8 heteroatoms. The number of nitrogens with one attached hydrogen (secondary N) is 1. The van der Waals surface area contributed by atoms with Gasteiger partial charge in [-0.1, -0.05) is 6.08 Å². The highest BCUT2D eigenvalue weighted by molar-refractivity contribution is 7.80. The summed E-state index contributed by atoms with van der Waals surface area (Å²) in [5.41, 5.74) is 0. The van der Waals surface area contributed by atoms with E-state index in [9.17, 15) is 13.2 Å². The Morgan fingerprint density at radius 1 is 1.32 bits per heavy atom. The molecule has 0 rings (SSSR count). The van der Waals surface area contributed by atoms with E-state index in [2.05, 4.69) is 30.6 Å². The predicted octanol–water partition coefficient (Wildman–Crippen LogP) is 0.312. The van der Waals surface area contributed by atoms with Crippen LogP contribution in [0.1, 0.15) is 19.3 Å². The summed E-state index contributed by atoms with van der Waals surface area (Å²) in [6, 6.07) is 0. The predicted molar refractivity (Wildman–Crippen MR) is 71.5 cm³/mol. The van der Waals surface area contributed by atoms with Gasteiger partial charge in [0.05, 0.1) is 27.7 Å². The molecule has 112 valence electrons. The molecule has 0 aromatic carbocycles. The number of unbranched alkanes of at least 4 members (excludes halogenated alkanes) is 2. The van der Waals surface area contributed by atoms with E-state index in [0.717, 1.165) is 30.3 Å². The number of carbonyl (C=O) groups is 1. The summed E-state index contributed by atoms with van der Waals surface area (Å²) in [5.74, 6) is -0.463. The number of nitrogens with zero attached hydrogens (tertiary/aromatic N) is 1. The monoisotopic (exact) mass is 295 g/mol. The third kappa shape index (κ3) is 15.0. The summed E-state index contributed by atoms with van der Waals surface area (Å²) in [6.45, 7) is 0.492. The minimum Gasteiger partial charge on any atom is -0.331 e. The smallest absolute Gasteiger partial charge is 0.331 e. The van der Waals surface area contributed by atoms with E-state index in [4.69, 9.17) is 4.55 Å². The van der Waals surface area contributed by atoms with E-state index in [1.807, 2.05) is 0 Å². The maximum atomic E-state index is 11.2. The van der Waals surface area contributed by atoms with Crippen molar-refractivity contribution in [2.45, 2.75) is 19.3 Å². The standard InChI is InChI=1S/C11H22N2O5S/c1-13(2,3)9-7-5-4-6-8-11(14)12-10-18-19(15,16)17/h6,8H,4-5,7,9-10H2,1-3H3,(H-,12,14,15,16,17)/p+1. The van der Waals surface area contributed by atoms with Crippen LogP contribution in [0.25, 0.3) is 0 Å². The van der Waals surface area contributed by atoms with Gasteiger partial charge in [-0.15, -0.1) is 0 Å². The van der Waals surface area contributed by atoms with E-state index >= 15 is 0 Å². The molecule has 0 aliphatic carbocycles. The Morgan fingerprint density at radius 2 is 1.95 bits per heavy atom. The topological polar surface area (TPSA) is 92.7 Å². The molecule has 1 amide bonds. The number of quaternary nitrogens is 1. The highest BCUT2D eigenvalue weighted by Gasteiger charge is 2.05. The van der Waals surface area contributed by atoms with Crippen LogP contribution in [0.4, 0.5) is 0 Å². The van der Waals surface area contributed by atoms with Crippen LogP contribution in [0.2, 0.25) is 0 Å². The molecule has 0 spiro atoms. The van der Waals surface area contributed by atoms with Crippen molar-refractivity contribution >= 4 is 16.3 Å². The van der Waals surface area contributed by atoms with Gasteiger partial charge in [-0.2, -0.15) is 8.42 Å². The van der Waals surface area contributed by atoms with E-state index in [1.54, 1.807) is 6.08 Å². The molecule has 0 aromatic heterocycles. The van der Waals surface area contributed by atoms with Crippen molar-refractivity contribution in [2.24, 2.45) is 0 Å². The maximum absolute atomic E-state index is 11.2. The Labute approximate surface area is 114 Å². The molecule has 0 unspecified atom stereocenters. The zero-order chi connectivity index (χ0) is 14.9. The summed E-state index contributed by atoms with van der Waals surface area (Å²) in [5, 5.41) is 2.16. The second-order valence-electron chi connectivity index (χ2n) is 5.14. The quantitative estimate of drug-likeness (QED) is 0.210. The lowest BCUT2D eigenvalue weighted by atomic mass is 10.2. The molecular formula is C11H23N2O5S+. The molecule has 7 nitrogen and oxygen atoms in total. The van der Waals surface area contributed by atoms with Crippen molar-refractivity contribution in [3.8, 4) is 0 Å². The SMILES string of the molecule is C[N+](C)(C)CCCCC=CC(=O)NCOS(=O)(=O)O. The second-order valence-corrected chi connectivity index (χ2v) is 6.23.